The van der Waals surface area contributed by atoms with Crippen LogP contribution in [0.3, 0.4) is 0 Å². The van der Waals surface area contributed by atoms with Crippen molar-refractivity contribution in [2.24, 2.45) is 13.0 Å². The largest absolute Gasteiger partial charge is 0.393 e. The first-order valence-electron chi connectivity index (χ1n) is 7.12. The number of aryl methyl sites for hydroxylation is 1. The predicted molar refractivity (Wildman–Crippen MR) is 75.7 cm³/mol. The van der Waals surface area contributed by atoms with Gasteiger partial charge < -0.3 is 15.0 Å². The second-order valence-electron chi connectivity index (χ2n) is 5.60. The van der Waals surface area contributed by atoms with E-state index < -0.39 is 0 Å². The summed E-state index contributed by atoms with van der Waals surface area (Å²) in [6, 6.07) is 1.61. The Morgan fingerprint density at radius 2 is 2.10 bits per heavy atom. The number of amides is 1. The summed E-state index contributed by atoms with van der Waals surface area (Å²) in [4.78, 5) is 23.4. The summed E-state index contributed by atoms with van der Waals surface area (Å²) in [6.45, 7) is 1.97. The molecule has 0 spiro atoms. The van der Waals surface area contributed by atoms with Crippen molar-refractivity contribution < 1.29 is 14.7 Å². The highest BCUT2D eigenvalue weighted by atomic mass is 16.3. The van der Waals surface area contributed by atoms with Gasteiger partial charge >= 0.3 is 0 Å². The summed E-state index contributed by atoms with van der Waals surface area (Å²) in [5.41, 5.74) is 1.01. The molecule has 1 aliphatic rings. The number of carbonyl (C=O) groups is 2. The summed E-state index contributed by atoms with van der Waals surface area (Å²) in [7, 11) is 1.75. The van der Waals surface area contributed by atoms with Gasteiger partial charge in [0.05, 0.1) is 6.10 Å². The molecule has 1 amide bonds. The lowest BCUT2D eigenvalue weighted by Gasteiger charge is -2.27. The highest BCUT2D eigenvalue weighted by molar-refractivity contribution is 5.99. The molecule has 2 unspecified atom stereocenters. The van der Waals surface area contributed by atoms with E-state index in [9.17, 15) is 14.7 Å². The molecule has 1 heterocycles. The number of aliphatic hydroxyl groups is 1. The smallest absolute Gasteiger partial charge is 0.267 e. The van der Waals surface area contributed by atoms with Gasteiger partial charge in [0, 0.05) is 31.3 Å². The van der Waals surface area contributed by atoms with E-state index in [0.717, 1.165) is 25.7 Å². The summed E-state index contributed by atoms with van der Waals surface area (Å²) in [5.74, 6) is -0.111. The minimum atomic E-state index is -0.315. The van der Waals surface area contributed by atoms with Gasteiger partial charge in [-0.25, -0.2) is 0 Å². The number of nitrogens with one attached hydrogen (secondary N) is 1. The average Bonchev–Trinajstić information content (AvgIpc) is 2.80. The van der Waals surface area contributed by atoms with E-state index >= 15 is 0 Å². The Balaban J connectivity index is 1.96. The van der Waals surface area contributed by atoms with Crippen LogP contribution in [0.15, 0.2) is 12.3 Å². The van der Waals surface area contributed by atoms with Crippen molar-refractivity contribution in [3.8, 4) is 0 Å². The highest BCUT2D eigenvalue weighted by Crippen LogP contribution is 2.23. The van der Waals surface area contributed by atoms with Gasteiger partial charge in [-0.05, 0) is 25.8 Å². The van der Waals surface area contributed by atoms with Crippen LogP contribution in [0.4, 0.5) is 0 Å². The molecule has 5 heteroatoms. The zero-order valence-electron chi connectivity index (χ0n) is 12.1. The van der Waals surface area contributed by atoms with Gasteiger partial charge in [-0.3, -0.25) is 9.59 Å². The lowest BCUT2D eigenvalue weighted by atomic mass is 9.86. The number of aliphatic hydroxyl groups excluding tert-OH is 1. The zero-order chi connectivity index (χ0) is 14.7. The van der Waals surface area contributed by atoms with Gasteiger partial charge in [-0.15, -0.1) is 0 Å². The lowest BCUT2D eigenvalue weighted by Crippen LogP contribution is -2.37. The van der Waals surface area contributed by atoms with Gasteiger partial charge in [0.1, 0.15) is 5.69 Å². The molecule has 2 atom stereocenters. The van der Waals surface area contributed by atoms with E-state index in [-0.39, 0.29) is 23.7 Å². The van der Waals surface area contributed by atoms with Crippen LogP contribution in [-0.2, 0) is 7.05 Å². The Hall–Kier alpha value is -1.62. The van der Waals surface area contributed by atoms with Crippen molar-refractivity contribution in [2.75, 3.05) is 6.54 Å². The average molecular weight is 278 g/mol. The quantitative estimate of drug-likeness (QED) is 0.820. The number of rotatable bonds is 4. The molecular formula is C15H22N2O3. The van der Waals surface area contributed by atoms with E-state index in [1.807, 2.05) is 0 Å². The predicted octanol–water partition coefficient (Wildman–Crippen LogP) is 1.51. The number of Topliss-reactive ketones (excluding diaryl/α,β-unsaturated/α-hetero) is 1. The maximum absolute atomic E-state index is 12.1. The van der Waals surface area contributed by atoms with Crippen molar-refractivity contribution in [1.29, 1.82) is 0 Å². The Bertz CT molecular complexity index is 507. The SMILES string of the molecule is CC(=O)c1cc(C(=O)NCC2CCCCC2O)n(C)c1. The third-order valence-corrected chi connectivity index (χ3v) is 4.04. The summed E-state index contributed by atoms with van der Waals surface area (Å²) in [6.07, 6.45) is 5.28. The molecule has 1 saturated carbocycles. The first-order chi connectivity index (χ1) is 9.49. The van der Waals surface area contributed by atoms with Crippen LogP contribution in [0.5, 0.6) is 0 Å². The molecule has 110 valence electrons. The normalized spacial score (nSPS) is 22.6. The van der Waals surface area contributed by atoms with Crippen LogP contribution in [0.1, 0.15) is 53.5 Å². The molecule has 2 rings (SSSR count). The van der Waals surface area contributed by atoms with E-state index in [0.29, 0.717) is 17.8 Å². The molecule has 0 saturated heterocycles. The number of hydrogen-bond donors (Lipinski definition) is 2. The van der Waals surface area contributed by atoms with Crippen molar-refractivity contribution in [1.82, 2.24) is 9.88 Å². The number of carbonyl (C=O) groups excluding carboxylic acids is 2. The fourth-order valence-corrected chi connectivity index (χ4v) is 2.72. The molecule has 0 aliphatic heterocycles. The highest BCUT2D eigenvalue weighted by Gasteiger charge is 2.24. The molecule has 20 heavy (non-hydrogen) atoms. The zero-order valence-corrected chi connectivity index (χ0v) is 12.1. The molecule has 0 aromatic carbocycles. The van der Waals surface area contributed by atoms with E-state index in [1.54, 1.807) is 23.9 Å². The molecule has 1 aromatic heterocycles. The Kier molecular flexibility index (Phi) is 4.60. The number of aromatic nitrogens is 1. The Morgan fingerprint density at radius 1 is 1.40 bits per heavy atom. The van der Waals surface area contributed by atoms with Crippen LogP contribution < -0.4 is 5.32 Å². The van der Waals surface area contributed by atoms with Crippen molar-refractivity contribution in [3.05, 3.63) is 23.5 Å². The van der Waals surface area contributed by atoms with Crippen LogP contribution in [0, 0.1) is 5.92 Å². The van der Waals surface area contributed by atoms with E-state index in [2.05, 4.69) is 5.32 Å². The van der Waals surface area contributed by atoms with Crippen LogP contribution in [0.2, 0.25) is 0 Å². The van der Waals surface area contributed by atoms with Gasteiger partial charge in [-0.2, -0.15) is 0 Å². The molecule has 1 aliphatic carbocycles. The Morgan fingerprint density at radius 3 is 2.70 bits per heavy atom. The second kappa shape index (κ2) is 6.22. The van der Waals surface area contributed by atoms with Crippen LogP contribution in [-0.4, -0.2) is 34.0 Å². The van der Waals surface area contributed by atoms with Crippen LogP contribution in [0.25, 0.3) is 0 Å². The number of ketones is 1. The first kappa shape index (κ1) is 14.8. The van der Waals surface area contributed by atoms with Crippen molar-refractivity contribution in [2.45, 2.75) is 38.7 Å². The molecule has 1 aromatic rings. The summed E-state index contributed by atoms with van der Waals surface area (Å²) < 4.78 is 1.66. The van der Waals surface area contributed by atoms with E-state index in [4.69, 9.17) is 0 Å². The minimum absolute atomic E-state index is 0.0534. The number of nitrogens with zero attached hydrogens (tertiary/aromatic N) is 1. The minimum Gasteiger partial charge on any atom is -0.393 e. The van der Waals surface area contributed by atoms with E-state index in [1.165, 1.54) is 6.92 Å². The molecular weight excluding hydrogens is 256 g/mol. The fourth-order valence-electron chi connectivity index (χ4n) is 2.72. The van der Waals surface area contributed by atoms with Gasteiger partial charge in [-0.1, -0.05) is 12.8 Å². The third-order valence-electron chi connectivity index (χ3n) is 4.04. The monoisotopic (exact) mass is 278 g/mol. The molecule has 0 bridgehead atoms. The summed E-state index contributed by atoms with van der Waals surface area (Å²) >= 11 is 0. The van der Waals surface area contributed by atoms with Gasteiger partial charge in [0.25, 0.3) is 5.91 Å². The topological polar surface area (TPSA) is 71.3 Å². The standard InChI is InChI=1S/C15H22N2O3/c1-10(18)12-7-13(17(2)9-12)15(20)16-8-11-5-3-4-6-14(11)19/h7,9,11,14,19H,3-6,8H2,1-2H3,(H,16,20). The first-order valence-corrected chi connectivity index (χ1v) is 7.12. The number of hydrogen-bond acceptors (Lipinski definition) is 3. The summed E-state index contributed by atoms with van der Waals surface area (Å²) in [5, 5.41) is 12.7. The maximum Gasteiger partial charge on any atom is 0.267 e. The van der Waals surface area contributed by atoms with Gasteiger partial charge in [0.15, 0.2) is 5.78 Å². The third kappa shape index (κ3) is 3.28. The Labute approximate surface area is 119 Å². The second-order valence-corrected chi connectivity index (χ2v) is 5.60. The lowest BCUT2D eigenvalue weighted by molar-refractivity contribution is 0.0661. The molecule has 1 fully saturated rings. The van der Waals surface area contributed by atoms with Crippen molar-refractivity contribution in [3.63, 3.8) is 0 Å². The van der Waals surface area contributed by atoms with Crippen molar-refractivity contribution >= 4 is 11.7 Å². The molecule has 2 N–H and O–H groups in total. The molecule has 5 nitrogen and oxygen atoms in total. The van der Waals surface area contributed by atoms with Gasteiger partial charge in [0.2, 0.25) is 0 Å². The molecule has 0 radical (unpaired) electrons. The maximum atomic E-state index is 12.1. The fraction of sp³-hybridized carbons (Fsp3) is 0.600. The van der Waals surface area contributed by atoms with Crippen LogP contribution >= 0.6 is 0 Å².